The van der Waals surface area contributed by atoms with Crippen LogP contribution in [0.25, 0.3) is 10.9 Å². The van der Waals surface area contributed by atoms with Crippen molar-refractivity contribution in [3.05, 3.63) is 35.9 Å². The molecule has 1 aromatic heterocycles. The van der Waals surface area contributed by atoms with Gasteiger partial charge in [-0.1, -0.05) is 48.0 Å². The summed E-state index contributed by atoms with van der Waals surface area (Å²) in [5.74, 6) is 1.10. The topological polar surface area (TPSA) is 16.1 Å². The number of anilines is 1. The lowest BCUT2D eigenvalue weighted by Crippen LogP contribution is -2.31. The first-order valence-corrected chi connectivity index (χ1v) is 8.00. The zero-order valence-electron chi connectivity index (χ0n) is 11.9. The largest absolute Gasteiger partial charge is 0.356 e. The number of alkyl halides is 1. The van der Waals surface area contributed by atoms with Crippen LogP contribution in [0.2, 0.25) is 0 Å². The number of nitrogens with zero attached hydrogens (tertiary/aromatic N) is 2. The molecule has 1 aromatic carbocycles. The SMILES string of the molecule is CCC(CC)N(C)c1nc2ccccc2cc1CBr. The van der Waals surface area contributed by atoms with E-state index in [0.29, 0.717) is 6.04 Å². The Hall–Kier alpha value is -1.09. The number of aromatic nitrogens is 1. The molecule has 0 radical (unpaired) electrons. The molecule has 0 spiro atoms. The quantitative estimate of drug-likeness (QED) is 0.739. The number of rotatable bonds is 5. The number of hydrogen-bond donors (Lipinski definition) is 0. The molecule has 0 aliphatic heterocycles. The molecule has 3 heteroatoms. The zero-order valence-corrected chi connectivity index (χ0v) is 13.4. The van der Waals surface area contributed by atoms with Crippen molar-refractivity contribution in [1.82, 2.24) is 4.98 Å². The standard InChI is InChI=1S/C16H21BrN2/c1-4-14(5-2)19(3)16-13(11-17)10-12-8-6-7-9-15(12)18-16/h6-10,14H,4-5,11H2,1-3H3. The summed E-state index contributed by atoms with van der Waals surface area (Å²) in [5.41, 5.74) is 2.33. The molecule has 1 heterocycles. The highest BCUT2D eigenvalue weighted by Crippen LogP contribution is 2.27. The minimum absolute atomic E-state index is 0.548. The van der Waals surface area contributed by atoms with Gasteiger partial charge in [0.15, 0.2) is 0 Å². The van der Waals surface area contributed by atoms with Crippen LogP contribution < -0.4 is 4.90 Å². The molecule has 0 saturated carbocycles. The van der Waals surface area contributed by atoms with Gasteiger partial charge >= 0.3 is 0 Å². The molecule has 0 amide bonds. The van der Waals surface area contributed by atoms with Crippen molar-refractivity contribution in [2.24, 2.45) is 0 Å². The molecular weight excluding hydrogens is 300 g/mol. The van der Waals surface area contributed by atoms with Gasteiger partial charge in [-0.2, -0.15) is 0 Å². The fraction of sp³-hybridized carbons (Fsp3) is 0.438. The van der Waals surface area contributed by atoms with Gasteiger partial charge < -0.3 is 4.90 Å². The molecule has 0 bridgehead atoms. The molecule has 0 atom stereocenters. The molecule has 0 saturated heterocycles. The minimum atomic E-state index is 0.548. The highest BCUT2D eigenvalue weighted by Gasteiger charge is 2.16. The third-order valence-electron chi connectivity index (χ3n) is 3.75. The molecule has 19 heavy (non-hydrogen) atoms. The number of hydrogen-bond acceptors (Lipinski definition) is 2. The molecule has 102 valence electrons. The molecule has 0 unspecified atom stereocenters. The van der Waals surface area contributed by atoms with E-state index in [1.165, 1.54) is 10.9 Å². The van der Waals surface area contributed by atoms with E-state index >= 15 is 0 Å². The summed E-state index contributed by atoms with van der Waals surface area (Å²) in [6.45, 7) is 4.47. The number of fused-ring (bicyclic) bond motifs is 1. The Morgan fingerprint density at radius 2 is 1.89 bits per heavy atom. The van der Waals surface area contributed by atoms with E-state index in [4.69, 9.17) is 4.98 Å². The van der Waals surface area contributed by atoms with Crippen LogP contribution in [0.3, 0.4) is 0 Å². The maximum atomic E-state index is 4.86. The van der Waals surface area contributed by atoms with Gasteiger partial charge in [-0.25, -0.2) is 4.98 Å². The van der Waals surface area contributed by atoms with E-state index < -0.39 is 0 Å². The predicted octanol–water partition coefficient (Wildman–Crippen LogP) is 4.75. The highest BCUT2D eigenvalue weighted by atomic mass is 79.9. The Bertz CT molecular complexity index is 549. The van der Waals surface area contributed by atoms with Crippen LogP contribution in [0.4, 0.5) is 5.82 Å². The fourth-order valence-corrected chi connectivity index (χ4v) is 2.98. The Morgan fingerprint density at radius 3 is 2.53 bits per heavy atom. The monoisotopic (exact) mass is 320 g/mol. The van der Waals surface area contributed by atoms with Crippen molar-refractivity contribution < 1.29 is 0 Å². The summed E-state index contributed by atoms with van der Waals surface area (Å²) in [7, 11) is 2.15. The third kappa shape index (κ3) is 2.92. The summed E-state index contributed by atoms with van der Waals surface area (Å²) >= 11 is 3.59. The van der Waals surface area contributed by atoms with E-state index in [-0.39, 0.29) is 0 Å². The molecule has 2 aromatic rings. The minimum Gasteiger partial charge on any atom is -0.356 e. The van der Waals surface area contributed by atoms with Gasteiger partial charge in [0, 0.05) is 29.4 Å². The van der Waals surface area contributed by atoms with Gasteiger partial charge in [0.2, 0.25) is 0 Å². The number of halogens is 1. The first-order valence-electron chi connectivity index (χ1n) is 6.88. The Kier molecular flexibility index (Phi) is 4.81. The lowest BCUT2D eigenvalue weighted by Gasteiger charge is -2.29. The summed E-state index contributed by atoms with van der Waals surface area (Å²) in [6.07, 6.45) is 2.28. The number of para-hydroxylation sites is 1. The van der Waals surface area contributed by atoms with Gasteiger partial charge in [-0.3, -0.25) is 0 Å². The maximum absolute atomic E-state index is 4.86. The maximum Gasteiger partial charge on any atom is 0.133 e. The number of pyridine rings is 1. The number of benzene rings is 1. The van der Waals surface area contributed by atoms with Gasteiger partial charge in [0.05, 0.1) is 5.52 Å². The second kappa shape index (κ2) is 6.38. The van der Waals surface area contributed by atoms with Crippen molar-refractivity contribution in [3.8, 4) is 0 Å². The molecule has 0 aliphatic rings. The van der Waals surface area contributed by atoms with Crippen LogP contribution in [0.15, 0.2) is 30.3 Å². The summed E-state index contributed by atoms with van der Waals surface area (Å²) in [6, 6.07) is 11.1. The summed E-state index contributed by atoms with van der Waals surface area (Å²) in [5, 5.41) is 2.05. The van der Waals surface area contributed by atoms with Crippen molar-refractivity contribution in [1.29, 1.82) is 0 Å². The van der Waals surface area contributed by atoms with Crippen LogP contribution in [-0.2, 0) is 5.33 Å². The summed E-state index contributed by atoms with van der Waals surface area (Å²) in [4.78, 5) is 7.18. The van der Waals surface area contributed by atoms with Crippen LogP contribution in [0.5, 0.6) is 0 Å². The first kappa shape index (κ1) is 14.3. The van der Waals surface area contributed by atoms with Crippen LogP contribution in [0.1, 0.15) is 32.3 Å². The second-order valence-corrected chi connectivity index (χ2v) is 5.44. The normalized spacial score (nSPS) is 11.2. The lowest BCUT2D eigenvalue weighted by molar-refractivity contribution is 0.586. The fourth-order valence-electron chi connectivity index (χ4n) is 2.56. The van der Waals surface area contributed by atoms with E-state index in [9.17, 15) is 0 Å². The van der Waals surface area contributed by atoms with Gasteiger partial charge in [-0.15, -0.1) is 0 Å². The van der Waals surface area contributed by atoms with Crippen molar-refractivity contribution in [2.75, 3.05) is 11.9 Å². The third-order valence-corrected chi connectivity index (χ3v) is 4.35. The van der Waals surface area contributed by atoms with Crippen molar-refractivity contribution in [2.45, 2.75) is 38.1 Å². The van der Waals surface area contributed by atoms with Gasteiger partial charge in [0.25, 0.3) is 0 Å². The smallest absolute Gasteiger partial charge is 0.133 e. The van der Waals surface area contributed by atoms with Crippen LogP contribution >= 0.6 is 15.9 Å². The van der Waals surface area contributed by atoms with Gasteiger partial charge in [-0.05, 0) is 25.0 Å². The lowest BCUT2D eigenvalue weighted by atomic mass is 10.1. The van der Waals surface area contributed by atoms with E-state index in [2.05, 4.69) is 66.0 Å². The Morgan fingerprint density at radius 1 is 1.21 bits per heavy atom. The Balaban J connectivity index is 2.51. The average Bonchev–Trinajstić information content (AvgIpc) is 2.46. The van der Waals surface area contributed by atoms with E-state index in [1.54, 1.807) is 0 Å². The first-order chi connectivity index (χ1) is 9.21. The molecule has 0 fully saturated rings. The molecular formula is C16H21BrN2. The molecule has 0 N–H and O–H groups in total. The predicted molar refractivity (Wildman–Crippen MR) is 87.1 cm³/mol. The van der Waals surface area contributed by atoms with Crippen LogP contribution in [-0.4, -0.2) is 18.1 Å². The van der Waals surface area contributed by atoms with E-state index in [1.807, 2.05) is 6.07 Å². The zero-order chi connectivity index (χ0) is 13.8. The van der Waals surface area contributed by atoms with Crippen molar-refractivity contribution >= 4 is 32.7 Å². The Labute approximate surface area is 124 Å². The molecule has 2 rings (SSSR count). The molecule has 2 nitrogen and oxygen atoms in total. The highest BCUT2D eigenvalue weighted by molar-refractivity contribution is 9.08. The summed E-state index contributed by atoms with van der Waals surface area (Å²) < 4.78 is 0. The van der Waals surface area contributed by atoms with Crippen LogP contribution in [0, 0.1) is 0 Å². The van der Waals surface area contributed by atoms with Crippen molar-refractivity contribution in [3.63, 3.8) is 0 Å². The molecule has 0 aliphatic carbocycles. The van der Waals surface area contributed by atoms with E-state index in [0.717, 1.165) is 29.5 Å². The van der Waals surface area contributed by atoms with Gasteiger partial charge in [0.1, 0.15) is 5.82 Å². The average molecular weight is 321 g/mol. The second-order valence-electron chi connectivity index (χ2n) is 4.88.